The molecular weight excluding hydrogens is 1670 g/mol. The van der Waals surface area contributed by atoms with Crippen LogP contribution in [0.4, 0.5) is 0 Å². The Hall–Kier alpha value is -0.320. The maximum absolute atomic E-state index is 8.29. The molecule has 0 heterocycles. The Balaban J connectivity index is 8.76. The van der Waals surface area contributed by atoms with Crippen LogP contribution in [-0.4, -0.2) is 63.8 Å². The number of ether oxygens (including phenoxy) is 6. The van der Waals surface area contributed by atoms with Gasteiger partial charge in [-0.15, -0.1) is 0 Å². The second kappa shape index (κ2) is 118. The summed E-state index contributed by atoms with van der Waals surface area (Å²) in [5, 5.41) is 0. The first-order valence-electron chi connectivity index (χ1n) is 64.6. The maximum Gasteiger partial charge on any atom is 0.373 e. The minimum Gasteiger partial charge on any atom is -0.345 e. The molecule has 0 radical (unpaired) electrons. The van der Waals surface area contributed by atoms with E-state index in [2.05, 4.69) is 55.4 Å². The van der Waals surface area contributed by atoms with E-state index in [1.807, 2.05) is 0 Å². The summed E-state index contributed by atoms with van der Waals surface area (Å²) < 4.78 is 48.9. The summed E-state index contributed by atoms with van der Waals surface area (Å²) in [6.45, 7) is 22.1. The maximum atomic E-state index is 8.29. The van der Waals surface area contributed by atoms with Gasteiger partial charge in [0.05, 0.1) is 46.2 Å². The molecule has 136 heavy (non-hydrogen) atoms. The molecular formula is C128H258O8. The van der Waals surface area contributed by atoms with Crippen LogP contribution < -0.4 is 0 Å². The molecule has 0 aliphatic rings. The molecule has 8 nitrogen and oxygen atoms in total. The SMILES string of the molecule is CCCCCCCCCCCCCCCCOOC(OCCCCCCCCCCCCCCCC)(OCCCCCCCCCCCCCCCC)C(OCCCCCCCCCCCCCCCC)(OCCCCCCCCCCCCCCCC)C(CCCCCCCCCCCCC)(OCCCCCCCCCCCCCCCC)OCCCCCCCCCCCCCCCC. The molecule has 0 bridgehead atoms. The van der Waals surface area contributed by atoms with Crippen molar-refractivity contribution in [3.63, 3.8) is 0 Å². The summed E-state index contributed by atoms with van der Waals surface area (Å²) in [6.07, 6.45) is 143. The van der Waals surface area contributed by atoms with E-state index in [9.17, 15) is 0 Å². The molecule has 0 aromatic rings. The van der Waals surface area contributed by atoms with Gasteiger partial charge in [-0.05, 0) is 51.4 Å². The molecule has 0 aliphatic carbocycles. The molecule has 0 amide bonds. The first-order valence-corrected chi connectivity index (χ1v) is 64.6. The van der Waals surface area contributed by atoms with Gasteiger partial charge in [0.25, 0.3) is 0 Å². The molecule has 0 saturated heterocycles. The number of hydrogen-bond donors (Lipinski definition) is 0. The van der Waals surface area contributed by atoms with Crippen LogP contribution in [-0.2, 0) is 38.2 Å². The zero-order chi connectivity index (χ0) is 97.9. The minimum absolute atomic E-state index is 0.442. The highest BCUT2D eigenvalue weighted by Crippen LogP contribution is 2.50. The van der Waals surface area contributed by atoms with Crippen molar-refractivity contribution in [2.24, 2.45) is 0 Å². The topological polar surface area (TPSA) is 73.8 Å². The molecule has 0 aromatic heterocycles. The van der Waals surface area contributed by atoms with Gasteiger partial charge in [-0.25, -0.2) is 4.89 Å². The number of unbranched alkanes of at least 4 members (excludes halogenated alkanes) is 101. The van der Waals surface area contributed by atoms with E-state index in [-0.39, 0.29) is 0 Å². The molecule has 0 aromatic carbocycles. The van der Waals surface area contributed by atoms with Gasteiger partial charge in [0.1, 0.15) is 0 Å². The highest BCUT2D eigenvalue weighted by atomic mass is 17.3. The van der Waals surface area contributed by atoms with Crippen molar-refractivity contribution in [1.29, 1.82) is 0 Å². The third kappa shape index (κ3) is 93.5. The molecule has 0 aliphatic heterocycles. The van der Waals surface area contributed by atoms with Gasteiger partial charge in [-0.2, -0.15) is 4.89 Å². The molecule has 0 unspecified atom stereocenters. The van der Waals surface area contributed by atoms with E-state index < -0.39 is 17.5 Å². The molecule has 818 valence electrons. The smallest absolute Gasteiger partial charge is 0.345 e. The van der Waals surface area contributed by atoms with Crippen LogP contribution in [0.25, 0.3) is 0 Å². The first-order chi connectivity index (χ1) is 67.5. The van der Waals surface area contributed by atoms with Crippen LogP contribution in [0.5, 0.6) is 0 Å². The first kappa shape index (κ1) is 136. The average Bonchev–Trinajstić information content (AvgIpc) is 0.719. The molecule has 0 atom stereocenters. The third-order valence-electron chi connectivity index (χ3n) is 30.6. The molecule has 0 rings (SSSR count). The van der Waals surface area contributed by atoms with Crippen molar-refractivity contribution in [2.45, 2.75) is 779 Å². The van der Waals surface area contributed by atoms with E-state index in [0.717, 1.165) is 103 Å². The van der Waals surface area contributed by atoms with Gasteiger partial charge >= 0.3 is 11.8 Å². The summed E-state index contributed by atoms with van der Waals surface area (Å²) >= 11 is 0. The van der Waals surface area contributed by atoms with E-state index >= 15 is 0 Å². The molecule has 0 spiro atoms. The average molecular weight is 1930 g/mol. The summed E-state index contributed by atoms with van der Waals surface area (Å²) in [5.41, 5.74) is 0. The highest BCUT2D eigenvalue weighted by Gasteiger charge is 2.73. The van der Waals surface area contributed by atoms with Crippen LogP contribution in [0, 0.1) is 0 Å². The lowest BCUT2D eigenvalue weighted by Gasteiger charge is -2.54. The predicted octanol–water partition coefficient (Wildman–Crippen LogP) is 46.2. The second-order valence-corrected chi connectivity index (χ2v) is 44.4. The lowest BCUT2D eigenvalue weighted by Crippen LogP contribution is -2.75. The van der Waals surface area contributed by atoms with Gasteiger partial charge in [0.15, 0.2) is 0 Å². The van der Waals surface area contributed by atoms with E-state index in [4.69, 9.17) is 38.2 Å². The fourth-order valence-electron chi connectivity index (χ4n) is 21.1. The van der Waals surface area contributed by atoms with Crippen LogP contribution >= 0.6 is 0 Å². The summed E-state index contributed by atoms with van der Waals surface area (Å²) in [6, 6.07) is 0. The van der Waals surface area contributed by atoms with Gasteiger partial charge in [-0.3, -0.25) is 0 Å². The van der Waals surface area contributed by atoms with Gasteiger partial charge < -0.3 is 28.4 Å². The Kier molecular flexibility index (Phi) is 118. The molecule has 0 N–H and O–H groups in total. The monoisotopic (exact) mass is 1920 g/mol. The largest absolute Gasteiger partial charge is 0.373 e. The predicted molar refractivity (Wildman–Crippen MR) is 604 cm³/mol. The summed E-state index contributed by atoms with van der Waals surface area (Å²) in [7, 11) is 0. The van der Waals surface area contributed by atoms with Crippen molar-refractivity contribution in [3.8, 4) is 0 Å². The number of rotatable bonds is 127. The van der Waals surface area contributed by atoms with E-state index in [0.29, 0.717) is 52.7 Å². The van der Waals surface area contributed by atoms with Crippen LogP contribution in [0.2, 0.25) is 0 Å². The summed E-state index contributed by atoms with van der Waals surface area (Å²) in [5.74, 6) is -5.22. The quantitative estimate of drug-likeness (QED) is 0.0258. The Bertz CT molecular complexity index is 1900. The lowest BCUT2D eigenvalue weighted by molar-refractivity contribution is -0.608. The Morgan fingerprint density at radius 1 is 0.110 bits per heavy atom. The van der Waals surface area contributed by atoms with Crippen LogP contribution in [0.1, 0.15) is 762 Å². The fraction of sp³-hybridized carbons (Fsp3) is 1.00. The number of hydrogen-bond acceptors (Lipinski definition) is 8. The molecule has 0 saturated carbocycles. The normalized spacial score (nSPS) is 12.3. The highest BCUT2D eigenvalue weighted by molar-refractivity contribution is 4.99. The van der Waals surface area contributed by atoms with Crippen molar-refractivity contribution in [1.82, 2.24) is 0 Å². The van der Waals surface area contributed by atoms with E-state index in [1.165, 1.54) is 597 Å². The van der Waals surface area contributed by atoms with Gasteiger partial charge in [-0.1, -0.05) is 704 Å². The zero-order valence-electron chi connectivity index (χ0n) is 95.5. The molecule has 8 heteroatoms. The van der Waals surface area contributed by atoms with Crippen molar-refractivity contribution in [2.75, 3.05) is 46.2 Å². The Labute approximate surface area is 858 Å². The second-order valence-electron chi connectivity index (χ2n) is 44.4. The lowest BCUT2D eigenvalue weighted by atomic mass is 9.93. The van der Waals surface area contributed by atoms with Gasteiger partial charge in [0, 0.05) is 6.42 Å². The van der Waals surface area contributed by atoms with Crippen molar-refractivity contribution >= 4 is 0 Å². The zero-order valence-corrected chi connectivity index (χ0v) is 95.5. The Morgan fingerprint density at radius 3 is 0.382 bits per heavy atom. The standard InChI is InChI=1S/C128H258O8/c1-9-17-25-33-41-49-57-64-71-79-87-95-103-111-119-129-126(118-110-102-94-86-78-56-48-40-32-24-16-8,130-120-112-104-96-88-80-72-65-58-50-42-34-26-18-10-2)127(131-121-113-105-97-89-81-73-66-59-51-43-35-27-19-11-3,132-122-114-106-98-90-82-74-67-60-52-44-36-28-20-12-4)128(133-123-115-107-99-91-83-75-68-61-53-45-37-29-21-13-5,134-124-116-108-100-92-84-76-69-62-54-46-38-30-22-14-6)136-135-125-117-109-101-93-85-77-70-63-55-47-39-31-23-15-7/h9-125H2,1-8H3. The fourth-order valence-corrected chi connectivity index (χ4v) is 21.1. The van der Waals surface area contributed by atoms with Crippen molar-refractivity contribution in [3.05, 3.63) is 0 Å². The van der Waals surface area contributed by atoms with Crippen LogP contribution in [0.15, 0.2) is 0 Å². The summed E-state index contributed by atoms with van der Waals surface area (Å²) in [4.78, 5) is 14.7. The van der Waals surface area contributed by atoms with E-state index in [1.54, 1.807) is 0 Å². The van der Waals surface area contributed by atoms with Crippen LogP contribution in [0.3, 0.4) is 0 Å². The van der Waals surface area contributed by atoms with Gasteiger partial charge in [0.2, 0.25) is 5.79 Å². The van der Waals surface area contributed by atoms with Crippen molar-refractivity contribution < 1.29 is 38.2 Å². The Morgan fingerprint density at radius 2 is 0.228 bits per heavy atom. The molecule has 0 fully saturated rings. The minimum atomic E-state index is -1.97. The third-order valence-corrected chi connectivity index (χ3v) is 30.6.